The largest absolute Gasteiger partial charge is 0.495 e. The van der Waals surface area contributed by atoms with Crippen LogP contribution in [0.2, 0.25) is 10.0 Å². The van der Waals surface area contributed by atoms with Gasteiger partial charge in [0.15, 0.2) is 0 Å². The molecule has 3 N–H and O–H groups in total. The Hall–Kier alpha value is -3.57. The molecule has 9 heteroatoms. The third-order valence-corrected chi connectivity index (χ3v) is 8.17. The highest BCUT2D eigenvalue weighted by molar-refractivity contribution is 6.31. The highest BCUT2D eigenvalue weighted by Gasteiger charge is 2.65. The van der Waals surface area contributed by atoms with Gasteiger partial charge < -0.3 is 20.7 Å². The van der Waals surface area contributed by atoms with E-state index in [0.717, 1.165) is 11.1 Å². The van der Waals surface area contributed by atoms with Crippen LogP contribution in [0.4, 0.5) is 11.4 Å². The number of nitrogens with zero attached hydrogens (tertiary/aromatic N) is 1. The minimum atomic E-state index is -1.12. The van der Waals surface area contributed by atoms with Crippen LogP contribution in [0.1, 0.15) is 49.8 Å². The number of rotatable bonds is 5. The van der Waals surface area contributed by atoms with Gasteiger partial charge in [0.05, 0.1) is 30.5 Å². The normalized spacial score (nSPS) is 23.4. The minimum Gasteiger partial charge on any atom is -0.495 e. The third kappa shape index (κ3) is 4.81. The number of hydrogen-bond acceptors (Lipinski definition) is 5. The summed E-state index contributed by atoms with van der Waals surface area (Å²) in [6.07, 6.45) is 0.615. The lowest BCUT2D eigenvalue weighted by molar-refractivity contribution is -0.122. The molecule has 2 heterocycles. The predicted octanol–water partition coefficient (Wildman–Crippen LogP) is 6.26. The molecule has 4 atom stereocenters. The first-order chi connectivity index (χ1) is 19.0. The lowest BCUT2D eigenvalue weighted by Crippen LogP contribution is -2.49. The molecule has 7 nitrogen and oxygen atoms in total. The van der Waals surface area contributed by atoms with Gasteiger partial charge in [-0.3, -0.25) is 9.59 Å². The fourth-order valence-electron chi connectivity index (χ4n) is 6.20. The molecule has 0 saturated carbocycles. The molecule has 2 aliphatic heterocycles. The standard InChI is InChI=1S/C31H30Cl2N4O3/c1-30(2,3)15-25-31(21-10-9-20(33)14-23(21)36-29(31)39)26(18-6-5-7-19(32)13-18)27(37-25)28(38)35-22-11-8-17(16-34)12-24(22)40-4/h5-14,25-27,37H,15H2,1-4H3,(H,35,38)(H,36,39). The summed E-state index contributed by atoms with van der Waals surface area (Å²) in [4.78, 5) is 28.4. The second-order valence-electron chi connectivity index (χ2n) is 11.5. The first kappa shape index (κ1) is 28.0. The lowest BCUT2D eigenvalue weighted by atomic mass is 9.62. The number of anilines is 2. The summed E-state index contributed by atoms with van der Waals surface area (Å²) in [5.74, 6) is -0.767. The van der Waals surface area contributed by atoms with Gasteiger partial charge in [-0.1, -0.05) is 62.2 Å². The van der Waals surface area contributed by atoms with E-state index in [-0.39, 0.29) is 17.2 Å². The Morgan fingerprint density at radius 1 is 1.10 bits per heavy atom. The van der Waals surface area contributed by atoms with Gasteiger partial charge in [0.2, 0.25) is 11.8 Å². The molecule has 1 fully saturated rings. The zero-order valence-corrected chi connectivity index (χ0v) is 24.2. The Balaban J connectivity index is 1.68. The molecule has 0 bridgehead atoms. The minimum absolute atomic E-state index is 0.166. The smallest absolute Gasteiger partial charge is 0.242 e. The van der Waals surface area contributed by atoms with Gasteiger partial charge in [-0.05, 0) is 59.4 Å². The molecule has 0 aromatic heterocycles. The highest BCUT2D eigenvalue weighted by Crippen LogP contribution is 2.56. The second-order valence-corrected chi connectivity index (χ2v) is 12.4. The van der Waals surface area contributed by atoms with E-state index in [9.17, 15) is 14.9 Å². The van der Waals surface area contributed by atoms with Crippen LogP contribution in [0.3, 0.4) is 0 Å². The molecule has 40 heavy (non-hydrogen) atoms. The van der Waals surface area contributed by atoms with Crippen molar-refractivity contribution >= 4 is 46.4 Å². The van der Waals surface area contributed by atoms with E-state index in [1.807, 2.05) is 24.3 Å². The molecule has 4 unspecified atom stereocenters. The number of nitrogens with one attached hydrogen (secondary N) is 3. The van der Waals surface area contributed by atoms with Crippen LogP contribution >= 0.6 is 23.2 Å². The number of ether oxygens (including phenoxy) is 1. The van der Waals surface area contributed by atoms with Crippen LogP contribution in [0.5, 0.6) is 5.75 Å². The van der Waals surface area contributed by atoms with Crippen LogP contribution in [0.25, 0.3) is 0 Å². The number of halogens is 2. The first-order valence-corrected chi connectivity index (χ1v) is 13.8. The van der Waals surface area contributed by atoms with Gasteiger partial charge in [0, 0.05) is 33.8 Å². The summed E-state index contributed by atoms with van der Waals surface area (Å²) in [6.45, 7) is 6.34. The van der Waals surface area contributed by atoms with E-state index in [2.05, 4.69) is 42.8 Å². The number of benzene rings is 3. The van der Waals surface area contributed by atoms with Crippen molar-refractivity contribution in [3.63, 3.8) is 0 Å². The topological polar surface area (TPSA) is 103 Å². The molecule has 0 aliphatic carbocycles. The van der Waals surface area contributed by atoms with Crippen molar-refractivity contribution in [2.45, 2.75) is 50.6 Å². The Morgan fingerprint density at radius 3 is 2.52 bits per heavy atom. The van der Waals surface area contributed by atoms with Gasteiger partial charge in [-0.15, -0.1) is 0 Å². The van der Waals surface area contributed by atoms with Crippen molar-refractivity contribution in [3.05, 3.63) is 87.4 Å². The summed E-state index contributed by atoms with van der Waals surface area (Å²) >= 11 is 12.8. The molecular weight excluding hydrogens is 547 g/mol. The summed E-state index contributed by atoms with van der Waals surface area (Å²) in [6, 6.07) is 18.4. The molecule has 0 radical (unpaired) electrons. The maximum absolute atomic E-state index is 14.2. The van der Waals surface area contributed by atoms with Gasteiger partial charge in [-0.25, -0.2) is 0 Å². The molecule has 3 aromatic carbocycles. The van der Waals surface area contributed by atoms with E-state index in [0.29, 0.717) is 39.2 Å². The molecule has 5 rings (SSSR count). The molecule has 3 aromatic rings. The quantitative estimate of drug-likeness (QED) is 0.332. The fourth-order valence-corrected chi connectivity index (χ4v) is 6.57. The van der Waals surface area contributed by atoms with E-state index in [1.165, 1.54) is 7.11 Å². The van der Waals surface area contributed by atoms with Gasteiger partial charge in [0.25, 0.3) is 0 Å². The van der Waals surface area contributed by atoms with Crippen LogP contribution in [-0.4, -0.2) is 31.0 Å². The zero-order chi connectivity index (χ0) is 28.8. The SMILES string of the molecule is COc1cc(C#N)ccc1NC(=O)C1NC(CC(C)(C)C)C2(C(=O)Nc3cc(Cl)ccc32)C1c1cccc(Cl)c1. The highest BCUT2D eigenvalue weighted by atomic mass is 35.5. The molecule has 1 spiro atoms. The molecule has 206 valence electrons. The summed E-state index contributed by atoms with van der Waals surface area (Å²) in [5, 5.41) is 19.9. The van der Waals surface area contributed by atoms with E-state index < -0.39 is 23.4 Å². The number of carbonyl (C=O) groups excluding carboxylic acids is 2. The maximum atomic E-state index is 14.2. The van der Waals surface area contributed by atoms with Crippen LogP contribution < -0.4 is 20.7 Å². The number of carbonyl (C=O) groups is 2. The number of fused-ring (bicyclic) bond motifs is 2. The summed E-state index contributed by atoms with van der Waals surface area (Å²) < 4.78 is 5.45. The Morgan fingerprint density at radius 2 is 1.85 bits per heavy atom. The zero-order valence-electron chi connectivity index (χ0n) is 22.6. The van der Waals surface area contributed by atoms with E-state index in [4.69, 9.17) is 27.9 Å². The van der Waals surface area contributed by atoms with Crippen molar-refractivity contribution in [1.82, 2.24) is 5.32 Å². The fraction of sp³-hybridized carbons (Fsp3) is 0.323. The van der Waals surface area contributed by atoms with Crippen LogP contribution in [0, 0.1) is 16.7 Å². The Bertz CT molecular complexity index is 1540. The molecular formula is C31H30Cl2N4O3. The molecule has 2 amide bonds. The van der Waals surface area contributed by atoms with Crippen molar-refractivity contribution in [2.75, 3.05) is 17.7 Å². The lowest BCUT2D eigenvalue weighted by Gasteiger charge is -2.37. The average molecular weight is 578 g/mol. The third-order valence-electron chi connectivity index (χ3n) is 7.70. The van der Waals surface area contributed by atoms with Crippen molar-refractivity contribution in [1.29, 1.82) is 5.26 Å². The maximum Gasteiger partial charge on any atom is 0.242 e. The van der Waals surface area contributed by atoms with Crippen LogP contribution in [-0.2, 0) is 15.0 Å². The monoisotopic (exact) mass is 576 g/mol. The van der Waals surface area contributed by atoms with Crippen molar-refractivity contribution < 1.29 is 14.3 Å². The number of methoxy groups -OCH3 is 1. The predicted molar refractivity (Wildman–Crippen MR) is 157 cm³/mol. The molecule has 1 saturated heterocycles. The second kappa shape index (κ2) is 10.4. The Kier molecular flexibility index (Phi) is 7.30. The van der Waals surface area contributed by atoms with Gasteiger partial charge in [-0.2, -0.15) is 5.26 Å². The summed E-state index contributed by atoms with van der Waals surface area (Å²) in [5.41, 5.74) is 1.75. The average Bonchev–Trinajstić information content (AvgIpc) is 3.37. The Labute approximate surface area is 243 Å². The number of amides is 2. The summed E-state index contributed by atoms with van der Waals surface area (Å²) in [7, 11) is 1.48. The number of hydrogen-bond donors (Lipinski definition) is 3. The van der Waals surface area contributed by atoms with Gasteiger partial charge in [0.1, 0.15) is 11.2 Å². The first-order valence-electron chi connectivity index (χ1n) is 13.0. The van der Waals surface area contributed by atoms with E-state index >= 15 is 0 Å². The van der Waals surface area contributed by atoms with Gasteiger partial charge >= 0.3 is 0 Å². The van der Waals surface area contributed by atoms with Crippen LogP contribution in [0.15, 0.2) is 60.7 Å². The van der Waals surface area contributed by atoms with Crippen molar-refractivity contribution in [3.8, 4) is 11.8 Å². The molecule has 2 aliphatic rings. The van der Waals surface area contributed by atoms with Crippen molar-refractivity contribution in [2.24, 2.45) is 5.41 Å². The number of nitriles is 1. The van der Waals surface area contributed by atoms with E-state index in [1.54, 1.807) is 36.4 Å².